The van der Waals surface area contributed by atoms with Gasteiger partial charge in [0.2, 0.25) is 15.9 Å². The van der Waals surface area contributed by atoms with Gasteiger partial charge in [-0.1, -0.05) is 6.07 Å². The second-order valence-electron chi connectivity index (χ2n) is 6.01. The van der Waals surface area contributed by atoms with Gasteiger partial charge >= 0.3 is 0 Å². The van der Waals surface area contributed by atoms with Crippen LogP contribution in [0.1, 0.15) is 17.5 Å². The summed E-state index contributed by atoms with van der Waals surface area (Å²) in [6.07, 6.45) is 6.01. The van der Waals surface area contributed by atoms with E-state index in [0.29, 0.717) is 6.54 Å². The number of likely N-dealkylation sites (N-methyl/N-ethyl adjacent to an activating group) is 1. The van der Waals surface area contributed by atoms with Crippen LogP contribution in [0.25, 0.3) is 0 Å². The lowest BCUT2D eigenvalue weighted by Crippen LogP contribution is -2.38. The van der Waals surface area contributed by atoms with Gasteiger partial charge in [0.25, 0.3) is 0 Å². The lowest BCUT2D eigenvalue weighted by Gasteiger charge is -2.17. The first-order valence-electron chi connectivity index (χ1n) is 8.07. The van der Waals surface area contributed by atoms with Crippen LogP contribution in [0.2, 0.25) is 0 Å². The summed E-state index contributed by atoms with van der Waals surface area (Å²) in [6.45, 7) is 4.81. The number of carbonyl (C=O) groups excluding carboxylic acids is 1. The number of hydrogen-bond donors (Lipinski definition) is 1. The average molecular weight is 364 g/mol. The summed E-state index contributed by atoms with van der Waals surface area (Å²) in [7, 11) is -2.27. The van der Waals surface area contributed by atoms with E-state index in [4.69, 9.17) is 0 Å². The largest absolute Gasteiger partial charge is 0.355 e. The van der Waals surface area contributed by atoms with Gasteiger partial charge in [0.1, 0.15) is 0 Å². The summed E-state index contributed by atoms with van der Waals surface area (Å²) in [5, 5.41) is 2.74. The number of aryl methyl sites for hydroxylation is 3. The molecule has 1 aromatic carbocycles. The summed E-state index contributed by atoms with van der Waals surface area (Å²) in [6, 6.07) is 4.97. The van der Waals surface area contributed by atoms with Gasteiger partial charge < -0.3 is 9.88 Å². The van der Waals surface area contributed by atoms with E-state index < -0.39 is 10.0 Å². The maximum atomic E-state index is 12.6. The molecule has 136 valence electrons. The molecule has 25 heavy (non-hydrogen) atoms. The van der Waals surface area contributed by atoms with Gasteiger partial charge in [-0.05, 0) is 43.5 Å². The molecule has 0 bridgehead atoms. The van der Waals surface area contributed by atoms with Crippen LogP contribution >= 0.6 is 0 Å². The van der Waals surface area contributed by atoms with Gasteiger partial charge in [-0.25, -0.2) is 13.4 Å². The summed E-state index contributed by atoms with van der Waals surface area (Å²) in [5.74, 6) is -0.319. The van der Waals surface area contributed by atoms with E-state index in [1.54, 1.807) is 30.7 Å². The summed E-state index contributed by atoms with van der Waals surface area (Å²) < 4.78 is 28.1. The van der Waals surface area contributed by atoms with Crippen molar-refractivity contribution in [1.82, 2.24) is 19.2 Å². The molecule has 2 rings (SSSR count). The number of benzene rings is 1. The van der Waals surface area contributed by atoms with Gasteiger partial charge in [-0.3, -0.25) is 4.79 Å². The van der Waals surface area contributed by atoms with Crippen molar-refractivity contribution in [3.05, 3.63) is 48.0 Å². The molecule has 1 aromatic heterocycles. The molecule has 1 heterocycles. The number of imidazole rings is 1. The first-order chi connectivity index (χ1) is 11.8. The topological polar surface area (TPSA) is 84.3 Å². The minimum atomic E-state index is -3.68. The second-order valence-corrected chi connectivity index (χ2v) is 8.06. The zero-order valence-electron chi connectivity index (χ0n) is 14.8. The Labute approximate surface area is 148 Å². The average Bonchev–Trinajstić information content (AvgIpc) is 3.07. The van der Waals surface area contributed by atoms with Gasteiger partial charge in [0, 0.05) is 32.5 Å². The predicted molar refractivity (Wildman–Crippen MR) is 95.6 cm³/mol. The SMILES string of the molecule is Cc1ccc(S(=O)(=O)N(C)CC(=O)NCCCn2ccnc2)cc1C. The molecule has 8 heteroatoms. The summed E-state index contributed by atoms with van der Waals surface area (Å²) >= 11 is 0. The van der Waals surface area contributed by atoms with Crippen molar-refractivity contribution in [3.8, 4) is 0 Å². The molecule has 0 unspecified atom stereocenters. The fraction of sp³-hybridized carbons (Fsp3) is 0.412. The van der Waals surface area contributed by atoms with Gasteiger partial charge in [0.15, 0.2) is 0 Å². The van der Waals surface area contributed by atoms with Gasteiger partial charge in [-0.15, -0.1) is 0 Å². The zero-order chi connectivity index (χ0) is 18.4. The molecule has 2 aromatic rings. The van der Waals surface area contributed by atoms with Crippen LogP contribution in [0.3, 0.4) is 0 Å². The van der Waals surface area contributed by atoms with Crippen molar-refractivity contribution in [2.75, 3.05) is 20.1 Å². The van der Waals surface area contributed by atoms with Crippen LogP contribution in [-0.2, 0) is 21.4 Å². The highest BCUT2D eigenvalue weighted by Crippen LogP contribution is 2.17. The van der Waals surface area contributed by atoms with Crippen LogP contribution in [-0.4, -0.2) is 48.3 Å². The quantitative estimate of drug-likeness (QED) is 0.716. The van der Waals surface area contributed by atoms with E-state index in [2.05, 4.69) is 10.3 Å². The first kappa shape index (κ1) is 19.1. The number of amides is 1. The number of hydrogen-bond acceptors (Lipinski definition) is 4. The molecule has 7 nitrogen and oxygen atoms in total. The Hall–Kier alpha value is -2.19. The van der Waals surface area contributed by atoms with Gasteiger partial charge in [0.05, 0.1) is 17.8 Å². The van der Waals surface area contributed by atoms with Crippen molar-refractivity contribution in [1.29, 1.82) is 0 Å². The third kappa shape index (κ3) is 5.14. The van der Waals surface area contributed by atoms with E-state index in [-0.39, 0.29) is 17.3 Å². The lowest BCUT2D eigenvalue weighted by molar-refractivity contribution is -0.121. The maximum Gasteiger partial charge on any atom is 0.243 e. The normalized spacial score (nSPS) is 11.7. The molecular weight excluding hydrogens is 340 g/mol. The molecule has 0 fully saturated rings. The van der Waals surface area contributed by atoms with Crippen LogP contribution in [0.4, 0.5) is 0 Å². The molecule has 0 spiro atoms. The van der Waals surface area contributed by atoms with Crippen molar-refractivity contribution in [2.45, 2.75) is 31.7 Å². The number of rotatable bonds is 8. The Balaban J connectivity index is 1.85. The van der Waals surface area contributed by atoms with Crippen LogP contribution in [0, 0.1) is 13.8 Å². The van der Waals surface area contributed by atoms with E-state index in [9.17, 15) is 13.2 Å². The standard InChI is InChI=1S/C17H24N4O3S/c1-14-5-6-16(11-15(14)2)25(23,24)20(3)12-17(22)19-7-4-9-21-10-8-18-13-21/h5-6,8,10-11,13H,4,7,9,12H2,1-3H3,(H,19,22). The van der Waals surface area contributed by atoms with Crippen molar-refractivity contribution < 1.29 is 13.2 Å². The summed E-state index contributed by atoms with van der Waals surface area (Å²) in [5.41, 5.74) is 1.93. The third-order valence-electron chi connectivity index (χ3n) is 4.03. The molecule has 1 amide bonds. The van der Waals surface area contributed by atoms with E-state index in [0.717, 1.165) is 28.4 Å². The van der Waals surface area contributed by atoms with Crippen LogP contribution in [0.15, 0.2) is 41.8 Å². The minimum Gasteiger partial charge on any atom is -0.355 e. The van der Waals surface area contributed by atoms with E-state index in [1.807, 2.05) is 24.6 Å². The molecule has 0 aliphatic carbocycles. The predicted octanol–water partition coefficient (Wildman–Crippen LogP) is 1.33. The number of nitrogens with zero attached hydrogens (tertiary/aromatic N) is 3. The zero-order valence-corrected chi connectivity index (χ0v) is 15.6. The number of sulfonamides is 1. The Morgan fingerprint density at radius 1 is 1.28 bits per heavy atom. The number of carbonyl (C=O) groups is 1. The Morgan fingerprint density at radius 3 is 2.68 bits per heavy atom. The Morgan fingerprint density at radius 2 is 2.04 bits per heavy atom. The molecule has 0 saturated carbocycles. The number of aromatic nitrogens is 2. The van der Waals surface area contributed by atoms with E-state index >= 15 is 0 Å². The van der Waals surface area contributed by atoms with Crippen LogP contribution < -0.4 is 5.32 Å². The van der Waals surface area contributed by atoms with E-state index in [1.165, 1.54) is 7.05 Å². The fourth-order valence-corrected chi connectivity index (χ4v) is 3.52. The molecule has 0 aliphatic heterocycles. The minimum absolute atomic E-state index is 0.200. The highest BCUT2D eigenvalue weighted by Gasteiger charge is 2.23. The summed E-state index contributed by atoms with van der Waals surface area (Å²) in [4.78, 5) is 16.1. The Kier molecular flexibility index (Phi) is 6.33. The second kappa shape index (κ2) is 8.26. The van der Waals surface area contributed by atoms with Crippen molar-refractivity contribution >= 4 is 15.9 Å². The molecule has 0 saturated heterocycles. The smallest absolute Gasteiger partial charge is 0.243 e. The number of nitrogens with one attached hydrogen (secondary N) is 1. The Bertz CT molecular complexity index is 816. The highest BCUT2D eigenvalue weighted by atomic mass is 32.2. The van der Waals surface area contributed by atoms with Crippen molar-refractivity contribution in [3.63, 3.8) is 0 Å². The molecule has 0 radical (unpaired) electrons. The molecule has 1 N–H and O–H groups in total. The third-order valence-corrected chi connectivity index (χ3v) is 5.83. The fourth-order valence-electron chi connectivity index (χ4n) is 2.31. The maximum absolute atomic E-state index is 12.6. The van der Waals surface area contributed by atoms with Gasteiger partial charge in [-0.2, -0.15) is 4.31 Å². The molecule has 0 aliphatic rings. The van der Waals surface area contributed by atoms with Crippen molar-refractivity contribution in [2.24, 2.45) is 0 Å². The highest BCUT2D eigenvalue weighted by molar-refractivity contribution is 7.89. The monoisotopic (exact) mass is 364 g/mol. The molecule has 0 atom stereocenters. The first-order valence-corrected chi connectivity index (χ1v) is 9.51. The van der Waals surface area contributed by atoms with Crippen LogP contribution in [0.5, 0.6) is 0 Å². The molecular formula is C17H24N4O3S. The lowest BCUT2D eigenvalue weighted by atomic mass is 10.1.